The summed E-state index contributed by atoms with van der Waals surface area (Å²) in [5.74, 6) is -0.491. The lowest BCUT2D eigenvalue weighted by Gasteiger charge is -2.19. The molecule has 5 nitrogen and oxygen atoms in total. The van der Waals surface area contributed by atoms with E-state index in [0.29, 0.717) is 0 Å². The van der Waals surface area contributed by atoms with E-state index >= 15 is 0 Å². The van der Waals surface area contributed by atoms with Gasteiger partial charge in [-0.2, -0.15) is 0 Å². The standard InChI is InChI=1S/C22H19N3O2/c23-22(27)25-21(26)20(14-6-2-1-3-7-14)24-17-11-10-16-12-15-8-4-5-9-18(15)19(16)13-17/h1-11,13,20,24H,12H2,(H3,23,25,26,27)/t20-/m0/s1. The Labute approximate surface area is 157 Å². The van der Waals surface area contributed by atoms with Crippen molar-refractivity contribution < 1.29 is 9.59 Å². The molecule has 4 N–H and O–H groups in total. The van der Waals surface area contributed by atoms with Crippen molar-refractivity contribution in [2.24, 2.45) is 5.73 Å². The van der Waals surface area contributed by atoms with E-state index in [2.05, 4.69) is 34.9 Å². The SMILES string of the molecule is NC(=O)NC(=O)[C@@H](Nc1ccc2c(c1)-c1ccccc1C2)c1ccccc1. The van der Waals surface area contributed by atoms with E-state index in [-0.39, 0.29) is 0 Å². The Morgan fingerprint density at radius 1 is 0.852 bits per heavy atom. The monoisotopic (exact) mass is 357 g/mol. The molecule has 5 heteroatoms. The van der Waals surface area contributed by atoms with E-state index in [1.807, 2.05) is 48.5 Å². The van der Waals surface area contributed by atoms with Crippen molar-refractivity contribution in [2.75, 3.05) is 5.32 Å². The molecular weight excluding hydrogens is 338 g/mol. The van der Waals surface area contributed by atoms with Gasteiger partial charge in [-0.25, -0.2) is 4.79 Å². The lowest BCUT2D eigenvalue weighted by molar-refractivity contribution is -0.120. The van der Waals surface area contributed by atoms with Gasteiger partial charge in [0, 0.05) is 5.69 Å². The molecular formula is C22H19N3O2. The minimum absolute atomic E-state index is 0.491. The number of benzene rings is 3. The van der Waals surface area contributed by atoms with Crippen molar-refractivity contribution >= 4 is 17.6 Å². The summed E-state index contributed by atoms with van der Waals surface area (Å²) < 4.78 is 0. The van der Waals surface area contributed by atoms with Gasteiger partial charge in [0.2, 0.25) is 0 Å². The van der Waals surface area contributed by atoms with Gasteiger partial charge in [-0.15, -0.1) is 0 Å². The number of nitrogens with two attached hydrogens (primary N) is 1. The fourth-order valence-corrected chi connectivity index (χ4v) is 3.52. The molecule has 3 aromatic rings. The van der Waals surface area contributed by atoms with Gasteiger partial charge in [-0.05, 0) is 46.4 Å². The van der Waals surface area contributed by atoms with Gasteiger partial charge < -0.3 is 11.1 Å². The van der Waals surface area contributed by atoms with Crippen molar-refractivity contribution in [1.82, 2.24) is 5.32 Å². The molecule has 0 saturated heterocycles. The molecule has 1 aliphatic carbocycles. The number of fused-ring (bicyclic) bond motifs is 3. The first-order chi connectivity index (χ1) is 13.1. The highest BCUT2D eigenvalue weighted by molar-refractivity contribution is 5.98. The zero-order valence-corrected chi connectivity index (χ0v) is 14.6. The van der Waals surface area contributed by atoms with Gasteiger partial charge in [-0.1, -0.05) is 60.7 Å². The number of imide groups is 1. The molecule has 134 valence electrons. The van der Waals surface area contributed by atoms with E-state index in [9.17, 15) is 9.59 Å². The molecule has 0 spiro atoms. The summed E-state index contributed by atoms with van der Waals surface area (Å²) in [5.41, 5.74) is 11.6. The van der Waals surface area contributed by atoms with Crippen molar-refractivity contribution in [2.45, 2.75) is 12.5 Å². The molecule has 0 aliphatic heterocycles. The van der Waals surface area contributed by atoms with E-state index in [1.165, 1.54) is 16.7 Å². The third-order valence-electron chi connectivity index (χ3n) is 4.75. The average molecular weight is 357 g/mol. The highest BCUT2D eigenvalue weighted by atomic mass is 16.2. The van der Waals surface area contributed by atoms with Gasteiger partial charge in [0.05, 0.1) is 0 Å². The Kier molecular flexibility index (Phi) is 4.34. The fourth-order valence-electron chi connectivity index (χ4n) is 3.52. The van der Waals surface area contributed by atoms with Crippen molar-refractivity contribution in [3.63, 3.8) is 0 Å². The van der Waals surface area contributed by atoms with E-state index < -0.39 is 18.0 Å². The summed E-state index contributed by atoms with van der Waals surface area (Å²) >= 11 is 0. The number of hydrogen-bond donors (Lipinski definition) is 3. The minimum atomic E-state index is -0.870. The smallest absolute Gasteiger partial charge is 0.318 e. The Bertz CT molecular complexity index is 1020. The van der Waals surface area contributed by atoms with Crippen LogP contribution in [-0.4, -0.2) is 11.9 Å². The van der Waals surface area contributed by atoms with Gasteiger partial charge in [0.1, 0.15) is 6.04 Å². The second kappa shape index (κ2) is 6.96. The molecule has 4 rings (SSSR count). The van der Waals surface area contributed by atoms with Crippen LogP contribution in [0.1, 0.15) is 22.7 Å². The second-order valence-electron chi connectivity index (χ2n) is 6.55. The van der Waals surface area contributed by atoms with Crippen LogP contribution in [0.2, 0.25) is 0 Å². The molecule has 0 unspecified atom stereocenters. The third-order valence-corrected chi connectivity index (χ3v) is 4.75. The molecule has 0 heterocycles. The van der Waals surface area contributed by atoms with Crippen LogP contribution in [0.25, 0.3) is 11.1 Å². The normalized spacial score (nSPS) is 12.6. The van der Waals surface area contributed by atoms with Gasteiger partial charge >= 0.3 is 6.03 Å². The molecule has 0 bridgehead atoms. The molecule has 3 amide bonds. The maximum absolute atomic E-state index is 12.5. The molecule has 0 saturated carbocycles. The highest BCUT2D eigenvalue weighted by Crippen LogP contribution is 2.38. The minimum Gasteiger partial charge on any atom is -0.370 e. The first-order valence-corrected chi connectivity index (χ1v) is 8.75. The summed E-state index contributed by atoms with van der Waals surface area (Å²) in [7, 11) is 0. The number of urea groups is 1. The predicted octanol–water partition coefficient (Wildman–Crippen LogP) is 3.61. The van der Waals surface area contributed by atoms with Crippen LogP contribution in [0.3, 0.4) is 0 Å². The summed E-state index contributed by atoms with van der Waals surface area (Å²) in [5, 5.41) is 5.41. The fraction of sp³-hybridized carbons (Fsp3) is 0.0909. The van der Waals surface area contributed by atoms with Crippen LogP contribution in [0.15, 0.2) is 72.8 Å². The quantitative estimate of drug-likeness (QED) is 0.522. The molecule has 0 radical (unpaired) electrons. The van der Waals surface area contributed by atoms with Crippen LogP contribution in [0.5, 0.6) is 0 Å². The number of amides is 3. The lowest BCUT2D eigenvalue weighted by Crippen LogP contribution is -2.40. The number of primary amides is 1. The maximum Gasteiger partial charge on any atom is 0.318 e. The van der Waals surface area contributed by atoms with Crippen molar-refractivity contribution in [3.8, 4) is 11.1 Å². The molecule has 0 fully saturated rings. The molecule has 27 heavy (non-hydrogen) atoms. The van der Waals surface area contributed by atoms with E-state index in [0.717, 1.165) is 23.2 Å². The van der Waals surface area contributed by atoms with Crippen LogP contribution < -0.4 is 16.4 Å². The molecule has 0 aromatic heterocycles. The zero-order valence-electron chi connectivity index (χ0n) is 14.6. The highest BCUT2D eigenvalue weighted by Gasteiger charge is 2.23. The number of rotatable bonds is 4. The number of carbonyl (C=O) groups is 2. The summed E-state index contributed by atoms with van der Waals surface area (Å²) in [4.78, 5) is 23.7. The Hall–Kier alpha value is -3.60. The van der Waals surface area contributed by atoms with Crippen molar-refractivity contribution in [1.29, 1.82) is 0 Å². The number of nitrogens with one attached hydrogen (secondary N) is 2. The Balaban J connectivity index is 1.67. The number of anilines is 1. The average Bonchev–Trinajstić information content (AvgIpc) is 3.04. The van der Waals surface area contributed by atoms with Crippen LogP contribution in [0.4, 0.5) is 10.5 Å². The van der Waals surface area contributed by atoms with Gasteiger partial charge in [0.25, 0.3) is 5.91 Å². The summed E-state index contributed by atoms with van der Waals surface area (Å²) in [6.07, 6.45) is 0.913. The predicted molar refractivity (Wildman–Crippen MR) is 105 cm³/mol. The summed E-state index contributed by atoms with van der Waals surface area (Å²) in [6, 6.07) is 22.0. The van der Waals surface area contributed by atoms with E-state index in [1.54, 1.807) is 0 Å². The first-order valence-electron chi connectivity index (χ1n) is 8.75. The van der Waals surface area contributed by atoms with Crippen LogP contribution in [-0.2, 0) is 11.2 Å². The second-order valence-corrected chi connectivity index (χ2v) is 6.55. The number of hydrogen-bond acceptors (Lipinski definition) is 3. The molecule has 3 aromatic carbocycles. The Morgan fingerprint density at radius 3 is 2.33 bits per heavy atom. The molecule has 1 aliphatic rings. The largest absolute Gasteiger partial charge is 0.370 e. The van der Waals surface area contributed by atoms with Crippen molar-refractivity contribution in [3.05, 3.63) is 89.5 Å². The van der Waals surface area contributed by atoms with Gasteiger partial charge in [-0.3, -0.25) is 10.1 Å². The third kappa shape index (κ3) is 3.40. The van der Waals surface area contributed by atoms with Crippen LogP contribution >= 0.6 is 0 Å². The topological polar surface area (TPSA) is 84.2 Å². The molecule has 1 atom stereocenters. The first kappa shape index (κ1) is 16.8. The zero-order chi connectivity index (χ0) is 18.8. The van der Waals surface area contributed by atoms with Gasteiger partial charge in [0.15, 0.2) is 0 Å². The summed E-state index contributed by atoms with van der Waals surface area (Å²) in [6.45, 7) is 0. The van der Waals surface area contributed by atoms with E-state index in [4.69, 9.17) is 5.73 Å². The number of carbonyl (C=O) groups excluding carboxylic acids is 2. The lowest BCUT2D eigenvalue weighted by atomic mass is 10.0. The maximum atomic E-state index is 12.5. The van der Waals surface area contributed by atoms with Crippen LogP contribution in [0, 0.1) is 0 Å². The Morgan fingerprint density at radius 2 is 1.56 bits per heavy atom.